The van der Waals surface area contributed by atoms with Crippen molar-refractivity contribution < 1.29 is 18.7 Å². The van der Waals surface area contributed by atoms with Crippen molar-refractivity contribution in [3.63, 3.8) is 0 Å². The maximum atomic E-state index is 14.1. The highest BCUT2D eigenvalue weighted by molar-refractivity contribution is 14.1. The second-order valence-corrected chi connectivity index (χ2v) is 7.32. The molecule has 0 aliphatic rings. The number of rotatable bonds is 6. The Kier molecular flexibility index (Phi) is 8.45. The first-order valence-corrected chi connectivity index (χ1v) is 9.92. The van der Waals surface area contributed by atoms with Gasteiger partial charge in [0, 0.05) is 16.4 Å². The lowest BCUT2D eigenvalue weighted by atomic mass is 9.92. The van der Waals surface area contributed by atoms with Gasteiger partial charge in [-0.15, -0.1) is 11.8 Å². The van der Waals surface area contributed by atoms with Gasteiger partial charge in [0.15, 0.2) is 0 Å². The van der Waals surface area contributed by atoms with E-state index in [4.69, 9.17) is 4.74 Å². The lowest BCUT2D eigenvalue weighted by molar-refractivity contribution is -0.119. The Morgan fingerprint density at radius 1 is 1.21 bits per heavy atom. The van der Waals surface area contributed by atoms with E-state index in [9.17, 15) is 14.0 Å². The van der Waals surface area contributed by atoms with Gasteiger partial charge in [-0.25, -0.2) is 9.18 Å². The predicted molar refractivity (Wildman–Crippen MR) is 115 cm³/mol. The van der Waals surface area contributed by atoms with Crippen LogP contribution in [0.1, 0.15) is 35.7 Å². The number of anilines is 1. The number of carbonyl (C=O) groups excluding carboxylic acids is 2. The molecule has 1 atom stereocenters. The molecular weight excluding hydrogens is 472 g/mol. The molecule has 0 fully saturated rings. The highest BCUT2D eigenvalue weighted by atomic mass is 127. The fourth-order valence-corrected chi connectivity index (χ4v) is 3.13. The van der Waals surface area contributed by atoms with E-state index in [0.717, 1.165) is 3.57 Å². The molecule has 2 rings (SSSR count). The standard InChI is InChI=1S/C22H21FINO3/c1-3-4-5-9-16(13-15-8-6-7-10-18(15)22(27)28-2)21(26)25-20-12-11-17(24)14-19(20)23/h6-8,10-12,14,16H,3,9,13H2,1-2H3,(H,25,26). The van der Waals surface area contributed by atoms with E-state index in [-0.39, 0.29) is 11.6 Å². The zero-order valence-corrected chi connectivity index (χ0v) is 17.9. The molecule has 0 bridgehead atoms. The summed E-state index contributed by atoms with van der Waals surface area (Å²) < 4.78 is 19.7. The van der Waals surface area contributed by atoms with E-state index in [0.29, 0.717) is 30.4 Å². The number of hydrogen-bond donors (Lipinski definition) is 1. The third-order valence-electron chi connectivity index (χ3n) is 4.10. The molecule has 1 unspecified atom stereocenters. The number of hydrogen-bond acceptors (Lipinski definition) is 3. The van der Waals surface area contributed by atoms with Gasteiger partial charge >= 0.3 is 5.97 Å². The highest BCUT2D eigenvalue weighted by Crippen LogP contribution is 2.21. The van der Waals surface area contributed by atoms with Crippen LogP contribution in [0.25, 0.3) is 0 Å². The first kappa shape index (κ1) is 21.9. The topological polar surface area (TPSA) is 55.4 Å². The van der Waals surface area contributed by atoms with Gasteiger partial charge < -0.3 is 10.1 Å². The molecular formula is C22H21FINO3. The summed E-state index contributed by atoms with van der Waals surface area (Å²) in [6.45, 7) is 1.93. The Morgan fingerprint density at radius 3 is 2.64 bits per heavy atom. The van der Waals surface area contributed by atoms with Crippen LogP contribution in [0.4, 0.5) is 10.1 Å². The zero-order valence-electron chi connectivity index (χ0n) is 15.7. The highest BCUT2D eigenvalue weighted by Gasteiger charge is 2.22. The Hall–Kier alpha value is -2.40. The summed E-state index contributed by atoms with van der Waals surface area (Å²) in [5.41, 5.74) is 1.22. The molecule has 4 nitrogen and oxygen atoms in total. The van der Waals surface area contributed by atoms with Crippen LogP contribution in [0.2, 0.25) is 0 Å². The number of benzene rings is 2. The van der Waals surface area contributed by atoms with E-state index in [1.165, 1.54) is 19.2 Å². The summed E-state index contributed by atoms with van der Waals surface area (Å²) in [4.78, 5) is 24.8. The Labute approximate surface area is 178 Å². The molecule has 6 heteroatoms. The first-order valence-electron chi connectivity index (χ1n) is 8.84. The van der Waals surface area contributed by atoms with Crippen molar-refractivity contribution in [1.29, 1.82) is 0 Å². The fourth-order valence-electron chi connectivity index (χ4n) is 2.68. The molecule has 0 saturated heterocycles. The lowest BCUT2D eigenvalue weighted by Crippen LogP contribution is -2.25. The minimum absolute atomic E-state index is 0.125. The molecule has 0 aromatic heterocycles. The molecule has 146 valence electrons. The quantitative estimate of drug-likeness (QED) is 0.357. The molecule has 0 saturated carbocycles. The van der Waals surface area contributed by atoms with Crippen LogP contribution in [0.3, 0.4) is 0 Å². The van der Waals surface area contributed by atoms with Gasteiger partial charge in [0.1, 0.15) is 5.82 Å². The van der Waals surface area contributed by atoms with Crippen molar-refractivity contribution in [2.45, 2.75) is 26.2 Å². The average Bonchev–Trinajstić information content (AvgIpc) is 2.69. The second kappa shape index (κ2) is 10.8. The molecule has 1 amide bonds. The summed E-state index contributed by atoms with van der Waals surface area (Å²) in [5.74, 6) is 4.11. The van der Waals surface area contributed by atoms with Gasteiger partial charge in [-0.05, 0) is 58.8 Å². The zero-order chi connectivity index (χ0) is 20.5. The second-order valence-electron chi connectivity index (χ2n) is 6.07. The van der Waals surface area contributed by atoms with Crippen LogP contribution in [0.5, 0.6) is 0 Å². The van der Waals surface area contributed by atoms with Crippen LogP contribution in [-0.2, 0) is 16.0 Å². The van der Waals surface area contributed by atoms with Gasteiger partial charge in [0.2, 0.25) is 5.91 Å². The molecule has 0 heterocycles. The van der Waals surface area contributed by atoms with Crippen LogP contribution in [-0.4, -0.2) is 19.0 Å². The predicted octanol–water partition coefficient (Wildman–Crippen LogP) is 4.82. The van der Waals surface area contributed by atoms with Crippen molar-refractivity contribution in [3.05, 3.63) is 63.0 Å². The van der Waals surface area contributed by atoms with Crippen molar-refractivity contribution in [3.8, 4) is 11.8 Å². The number of ether oxygens (including phenoxy) is 1. The Morgan fingerprint density at radius 2 is 1.96 bits per heavy atom. The number of halogens is 2. The van der Waals surface area contributed by atoms with Crippen LogP contribution in [0.15, 0.2) is 42.5 Å². The van der Waals surface area contributed by atoms with Gasteiger partial charge in [-0.2, -0.15) is 0 Å². The first-order chi connectivity index (χ1) is 13.5. The number of methoxy groups -OCH3 is 1. The molecule has 0 aliphatic heterocycles. The molecule has 0 aliphatic carbocycles. The maximum Gasteiger partial charge on any atom is 0.338 e. The van der Waals surface area contributed by atoms with Crippen LogP contribution in [0, 0.1) is 27.1 Å². The van der Waals surface area contributed by atoms with E-state index < -0.39 is 17.7 Å². The van der Waals surface area contributed by atoms with Crippen molar-refractivity contribution in [2.75, 3.05) is 12.4 Å². The van der Waals surface area contributed by atoms with Gasteiger partial charge in [0.25, 0.3) is 0 Å². The van der Waals surface area contributed by atoms with E-state index in [1.807, 2.05) is 29.5 Å². The molecule has 0 spiro atoms. The molecule has 0 radical (unpaired) electrons. The third kappa shape index (κ3) is 6.06. The summed E-state index contributed by atoms with van der Waals surface area (Å²) >= 11 is 2.01. The average molecular weight is 493 g/mol. The van der Waals surface area contributed by atoms with Crippen molar-refractivity contribution >= 4 is 40.2 Å². The van der Waals surface area contributed by atoms with Crippen LogP contribution < -0.4 is 5.32 Å². The molecule has 2 aromatic carbocycles. The Balaban J connectivity index is 2.27. The minimum Gasteiger partial charge on any atom is -0.465 e. The van der Waals surface area contributed by atoms with E-state index >= 15 is 0 Å². The number of carbonyl (C=O) groups is 2. The number of amides is 1. The fraction of sp³-hybridized carbons (Fsp3) is 0.273. The third-order valence-corrected chi connectivity index (χ3v) is 4.77. The summed E-state index contributed by atoms with van der Waals surface area (Å²) in [7, 11) is 1.32. The van der Waals surface area contributed by atoms with Gasteiger partial charge in [-0.1, -0.05) is 25.1 Å². The SMILES string of the molecule is CCC#CCC(Cc1ccccc1C(=O)OC)C(=O)Nc1ccc(I)cc1F. The van der Waals surface area contributed by atoms with Crippen molar-refractivity contribution in [2.24, 2.45) is 5.92 Å². The maximum absolute atomic E-state index is 14.1. The molecule has 2 aromatic rings. The number of esters is 1. The Bertz CT molecular complexity index is 917. The van der Waals surface area contributed by atoms with E-state index in [1.54, 1.807) is 30.3 Å². The molecule has 28 heavy (non-hydrogen) atoms. The normalized spacial score (nSPS) is 11.1. The number of nitrogens with one attached hydrogen (secondary N) is 1. The summed E-state index contributed by atoms with van der Waals surface area (Å²) in [6, 6.07) is 11.6. The van der Waals surface area contributed by atoms with Crippen molar-refractivity contribution in [1.82, 2.24) is 0 Å². The van der Waals surface area contributed by atoms with Gasteiger partial charge in [0.05, 0.1) is 24.3 Å². The largest absolute Gasteiger partial charge is 0.465 e. The van der Waals surface area contributed by atoms with Crippen LogP contribution >= 0.6 is 22.6 Å². The van der Waals surface area contributed by atoms with E-state index in [2.05, 4.69) is 17.2 Å². The monoisotopic (exact) mass is 493 g/mol. The summed E-state index contributed by atoms with van der Waals surface area (Å²) in [5, 5.41) is 2.65. The smallest absolute Gasteiger partial charge is 0.338 e. The lowest BCUT2D eigenvalue weighted by Gasteiger charge is -2.17. The minimum atomic E-state index is -0.538. The van der Waals surface area contributed by atoms with Gasteiger partial charge in [-0.3, -0.25) is 4.79 Å². The summed E-state index contributed by atoms with van der Waals surface area (Å²) in [6.07, 6.45) is 1.28. The molecule has 1 N–H and O–H groups in total.